The molecule has 5 rings (SSSR count). The van der Waals surface area contributed by atoms with Gasteiger partial charge in [-0.15, -0.1) is 0 Å². The van der Waals surface area contributed by atoms with Crippen LogP contribution in [0.2, 0.25) is 0 Å². The standard InChI is InChI=1S/C23H29F4N3O2/c24-18-13-32-7-4-20(18)29-17-9-15-2-1-5-22(15,10-17)21(31)30-6-3-19-14(12-30)8-16(11-28-19)23(25,26)27/h8,11,15,17-18,20,29H,1-7,9-10,12-13H2/t15-,17-,18+,20-,22-/m1/s1. The number of nitrogens with zero attached hydrogens (tertiary/aromatic N) is 2. The van der Waals surface area contributed by atoms with Gasteiger partial charge in [0, 0.05) is 50.1 Å². The third-order valence-corrected chi connectivity index (χ3v) is 7.95. The molecule has 1 amide bonds. The largest absolute Gasteiger partial charge is 0.417 e. The summed E-state index contributed by atoms with van der Waals surface area (Å²) in [5.41, 5.74) is -0.131. The van der Waals surface area contributed by atoms with Crippen molar-refractivity contribution in [1.29, 1.82) is 0 Å². The number of hydrogen-bond donors (Lipinski definition) is 1. The molecule has 1 N–H and O–H groups in total. The molecule has 1 aromatic heterocycles. The number of amides is 1. The van der Waals surface area contributed by atoms with Crippen molar-refractivity contribution < 1.29 is 27.1 Å². The summed E-state index contributed by atoms with van der Waals surface area (Å²) in [6.45, 7) is 1.30. The molecule has 0 aromatic carbocycles. The molecule has 9 heteroatoms. The van der Waals surface area contributed by atoms with Crippen molar-refractivity contribution in [1.82, 2.24) is 15.2 Å². The topological polar surface area (TPSA) is 54.5 Å². The van der Waals surface area contributed by atoms with Gasteiger partial charge >= 0.3 is 6.18 Å². The number of alkyl halides is 4. The van der Waals surface area contributed by atoms with Crippen LogP contribution in [0.15, 0.2) is 12.3 Å². The predicted molar refractivity (Wildman–Crippen MR) is 108 cm³/mol. The van der Waals surface area contributed by atoms with Gasteiger partial charge in [0.25, 0.3) is 0 Å². The zero-order chi connectivity index (χ0) is 22.5. The summed E-state index contributed by atoms with van der Waals surface area (Å²) in [6, 6.07) is 0.978. The Hall–Kier alpha value is -1.74. The highest BCUT2D eigenvalue weighted by Gasteiger charge is 2.56. The van der Waals surface area contributed by atoms with Crippen LogP contribution in [-0.2, 0) is 28.7 Å². The van der Waals surface area contributed by atoms with Crippen LogP contribution in [0, 0.1) is 11.3 Å². The molecule has 176 valence electrons. The van der Waals surface area contributed by atoms with E-state index in [1.54, 1.807) is 4.90 Å². The fourth-order valence-corrected chi connectivity index (χ4v) is 6.38. The Balaban J connectivity index is 1.31. The highest BCUT2D eigenvalue weighted by molar-refractivity contribution is 5.84. The summed E-state index contributed by atoms with van der Waals surface area (Å²) in [7, 11) is 0. The van der Waals surface area contributed by atoms with Gasteiger partial charge in [0.05, 0.1) is 17.6 Å². The first kappa shape index (κ1) is 22.1. The monoisotopic (exact) mass is 455 g/mol. The van der Waals surface area contributed by atoms with Crippen molar-refractivity contribution in [2.75, 3.05) is 19.8 Å². The van der Waals surface area contributed by atoms with Crippen molar-refractivity contribution in [2.45, 2.75) is 75.9 Å². The molecule has 0 unspecified atom stereocenters. The molecule has 32 heavy (non-hydrogen) atoms. The number of carbonyl (C=O) groups is 1. The summed E-state index contributed by atoms with van der Waals surface area (Å²) < 4.78 is 58.8. The zero-order valence-electron chi connectivity index (χ0n) is 18.0. The Kier molecular flexibility index (Phi) is 5.68. The quantitative estimate of drug-likeness (QED) is 0.707. The Morgan fingerprint density at radius 1 is 1.31 bits per heavy atom. The Labute approximate surface area is 184 Å². The summed E-state index contributed by atoms with van der Waals surface area (Å²) in [5, 5.41) is 3.46. The molecule has 5 nitrogen and oxygen atoms in total. The van der Waals surface area contributed by atoms with Crippen molar-refractivity contribution in [2.24, 2.45) is 11.3 Å². The lowest BCUT2D eigenvalue weighted by molar-refractivity contribution is -0.144. The van der Waals surface area contributed by atoms with Gasteiger partial charge in [-0.1, -0.05) is 6.42 Å². The van der Waals surface area contributed by atoms with Crippen LogP contribution < -0.4 is 5.32 Å². The van der Waals surface area contributed by atoms with Gasteiger partial charge in [-0.3, -0.25) is 9.78 Å². The number of halogens is 4. The lowest BCUT2D eigenvalue weighted by Gasteiger charge is -2.37. The summed E-state index contributed by atoms with van der Waals surface area (Å²) in [5.74, 6) is 0.294. The molecule has 2 saturated carbocycles. The minimum absolute atomic E-state index is 0.0520. The SMILES string of the molecule is O=C(N1CCc2ncc(C(F)(F)F)cc2C1)[C@@]12CCC[C@@H]1C[C@@H](N[C@@H]1CCOC[C@@H]1F)C2. The van der Waals surface area contributed by atoms with Crippen molar-refractivity contribution in [3.63, 3.8) is 0 Å². The smallest absolute Gasteiger partial charge is 0.378 e. The van der Waals surface area contributed by atoms with Crippen LogP contribution in [-0.4, -0.2) is 53.8 Å². The fourth-order valence-electron chi connectivity index (χ4n) is 6.38. The first-order valence-corrected chi connectivity index (χ1v) is 11.6. The molecule has 5 atom stereocenters. The summed E-state index contributed by atoms with van der Waals surface area (Å²) in [4.78, 5) is 19.5. The maximum atomic E-state index is 14.2. The number of aromatic nitrogens is 1. The van der Waals surface area contributed by atoms with Crippen LogP contribution >= 0.6 is 0 Å². The van der Waals surface area contributed by atoms with E-state index in [-0.39, 0.29) is 37.1 Å². The van der Waals surface area contributed by atoms with E-state index >= 15 is 0 Å². The first-order valence-electron chi connectivity index (χ1n) is 11.6. The van der Waals surface area contributed by atoms with Crippen LogP contribution in [0.4, 0.5) is 17.6 Å². The highest BCUT2D eigenvalue weighted by atomic mass is 19.4. The molecule has 4 aliphatic rings. The maximum Gasteiger partial charge on any atom is 0.417 e. The average Bonchev–Trinajstić information content (AvgIpc) is 3.31. The normalized spacial score (nSPS) is 34.9. The van der Waals surface area contributed by atoms with Gasteiger partial charge in [-0.05, 0) is 49.7 Å². The van der Waals surface area contributed by atoms with Crippen molar-refractivity contribution in [3.05, 3.63) is 29.1 Å². The molecular weight excluding hydrogens is 426 g/mol. The van der Waals surface area contributed by atoms with Crippen LogP contribution in [0.3, 0.4) is 0 Å². The molecule has 3 fully saturated rings. The second-order valence-electron chi connectivity index (χ2n) is 9.84. The number of nitrogens with one attached hydrogen (secondary N) is 1. The van der Waals surface area contributed by atoms with Gasteiger partial charge in [-0.2, -0.15) is 13.2 Å². The number of pyridine rings is 1. The lowest BCUT2D eigenvalue weighted by atomic mass is 9.78. The van der Waals surface area contributed by atoms with E-state index in [0.29, 0.717) is 43.7 Å². The number of fused-ring (bicyclic) bond motifs is 2. The van der Waals surface area contributed by atoms with Gasteiger partial charge in [0.15, 0.2) is 0 Å². The molecular formula is C23H29F4N3O2. The first-order chi connectivity index (χ1) is 15.3. The van der Waals surface area contributed by atoms with Gasteiger partial charge < -0.3 is 15.0 Å². The van der Waals surface area contributed by atoms with E-state index in [9.17, 15) is 22.4 Å². The molecule has 2 aliphatic heterocycles. The molecule has 1 saturated heterocycles. The highest BCUT2D eigenvalue weighted by Crippen LogP contribution is 2.55. The fraction of sp³-hybridized carbons (Fsp3) is 0.739. The van der Waals surface area contributed by atoms with E-state index in [2.05, 4.69) is 10.3 Å². The average molecular weight is 455 g/mol. The third kappa shape index (κ3) is 3.91. The molecule has 0 radical (unpaired) electrons. The second-order valence-corrected chi connectivity index (χ2v) is 9.84. The molecule has 0 bridgehead atoms. The number of carbonyl (C=O) groups excluding carboxylic acids is 1. The van der Waals surface area contributed by atoms with Gasteiger partial charge in [-0.25, -0.2) is 4.39 Å². The number of hydrogen-bond acceptors (Lipinski definition) is 4. The van der Waals surface area contributed by atoms with Gasteiger partial charge in [0.1, 0.15) is 6.17 Å². The Bertz CT molecular complexity index is 879. The van der Waals surface area contributed by atoms with Crippen molar-refractivity contribution in [3.8, 4) is 0 Å². The molecule has 2 aliphatic carbocycles. The van der Waals surface area contributed by atoms with Crippen LogP contribution in [0.25, 0.3) is 0 Å². The maximum absolute atomic E-state index is 14.2. The van der Waals surface area contributed by atoms with E-state index in [1.165, 1.54) is 0 Å². The number of ether oxygens (including phenoxy) is 1. The minimum atomic E-state index is -4.45. The van der Waals surface area contributed by atoms with E-state index in [1.807, 2.05) is 0 Å². The van der Waals surface area contributed by atoms with E-state index < -0.39 is 23.3 Å². The van der Waals surface area contributed by atoms with E-state index in [4.69, 9.17) is 4.74 Å². The summed E-state index contributed by atoms with van der Waals surface area (Å²) >= 11 is 0. The van der Waals surface area contributed by atoms with Gasteiger partial charge in [0.2, 0.25) is 5.91 Å². The van der Waals surface area contributed by atoms with E-state index in [0.717, 1.165) is 37.9 Å². The minimum Gasteiger partial charge on any atom is -0.378 e. The zero-order valence-corrected chi connectivity index (χ0v) is 18.0. The second kappa shape index (κ2) is 8.24. The van der Waals surface area contributed by atoms with Crippen molar-refractivity contribution >= 4 is 5.91 Å². The van der Waals surface area contributed by atoms with Crippen LogP contribution in [0.5, 0.6) is 0 Å². The summed E-state index contributed by atoms with van der Waals surface area (Å²) in [6.07, 6.45) is 0.752. The molecule has 0 spiro atoms. The molecule has 3 heterocycles. The Morgan fingerprint density at radius 2 is 2.16 bits per heavy atom. The third-order valence-electron chi connectivity index (χ3n) is 7.95. The molecule has 1 aromatic rings. The lowest BCUT2D eigenvalue weighted by Crippen LogP contribution is -2.49. The van der Waals surface area contributed by atoms with Crippen LogP contribution in [0.1, 0.15) is 55.3 Å². The Morgan fingerprint density at radius 3 is 2.94 bits per heavy atom. The predicted octanol–water partition coefficient (Wildman–Crippen LogP) is 3.65. The number of rotatable bonds is 3.